The molecule has 3 aromatic rings. The molecule has 0 fully saturated rings. The summed E-state index contributed by atoms with van der Waals surface area (Å²) < 4.78 is 0. The fraction of sp³-hybridized carbons (Fsp3) is 0. The lowest BCUT2D eigenvalue weighted by molar-refractivity contribution is -0.111. The Morgan fingerprint density at radius 2 is 0.750 bits per heavy atom. The molecule has 170 valence electrons. The number of nitrogens with one attached hydrogen (secondary N) is 4. The summed E-state index contributed by atoms with van der Waals surface area (Å²) in [5.74, 6) is -1.49. The van der Waals surface area contributed by atoms with Crippen molar-refractivity contribution < 1.29 is 19.2 Å². The average molecular weight is 470 g/mol. The zero-order valence-electron chi connectivity index (χ0n) is 18.4. The van der Waals surface area contributed by atoms with Gasteiger partial charge in [-0.2, -0.15) is 0 Å². The van der Waals surface area contributed by atoms with Crippen LogP contribution >= 0.6 is 0 Å². The SMILES string of the molecule is O=C1Nc2ccccc2C1=C=C1C(=O)Nc2cc3c(cc21)NC(=O)C3=C=C1C(=O)Nc2ccccc21. The summed E-state index contributed by atoms with van der Waals surface area (Å²) in [6.07, 6.45) is 0. The van der Waals surface area contributed by atoms with Crippen molar-refractivity contribution in [3.63, 3.8) is 0 Å². The summed E-state index contributed by atoms with van der Waals surface area (Å²) in [6, 6.07) is 17.7. The standard InChI is InChI=1S/C28H14N4O4/c33-25-17(13-5-1-3-7-21(13)29-25)9-19-15-11-24-16(12-23(15)31-27(19)35)20(28(36)32-24)10-18-14-6-2-4-8-22(14)30-26(18)34/h1-8,11-12H,(H,29,33)(H,30,34)(H,31,35)(H,32,36). The quantitative estimate of drug-likeness (QED) is 0.297. The minimum atomic E-state index is -0.405. The summed E-state index contributed by atoms with van der Waals surface area (Å²) in [5, 5.41) is 11.1. The topological polar surface area (TPSA) is 116 Å². The minimum absolute atomic E-state index is 0.198. The van der Waals surface area contributed by atoms with Crippen LogP contribution in [0, 0.1) is 0 Å². The van der Waals surface area contributed by atoms with Crippen molar-refractivity contribution in [2.75, 3.05) is 21.3 Å². The van der Waals surface area contributed by atoms with Gasteiger partial charge >= 0.3 is 0 Å². The van der Waals surface area contributed by atoms with Crippen molar-refractivity contribution in [1.82, 2.24) is 0 Å². The molecule has 4 heterocycles. The molecule has 0 aromatic heterocycles. The Labute approximate surface area is 203 Å². The van der Waals surface area contributed by atoms with Gasteiger partial charge in [-0.3, -0.25) is 19.2 Å². The molecule has 0 aliphatic carbocycles. The van der Waals surface area contributed by atoms with E-state index in [1.165, 1.54) is 0 Å². The summed E-state index contributed by atoms with van der Waals surface area (Å²) in [6.45, 7) is 0. The zero-order chi connectivity index (χ0) is 24.6. The van der Waals surface area contributed by atoms with Crippen molar-refractivity contribution in [3.8, 4) is 0 Å². The fourth-order valence-electron chi connectivity index (χ4n) is 4.82. The highest BCUT2D eigenvalue weighted by molar-refractivity contribution is 6.39. The molecule has 0 bridgehead atoms. The van der Waals surface area contributed by atoms with E-state index < -0.39 is 11.8 Å². The Kier molecular flexibility index (Phi) is 3.91. The summed E-state index contributed by atoms with van der Waals surface area (Å²) in [4.78, 5) is 50.8. The van der Waals surface area contributed by atoms with Gasteiger partial charge in [0, 0.05) is 33.6 Å². The molecule has 0 saturated carbocycles. The number of amides is 4. The molecule has 0 atom stereocenters. The number of para-hydroxylation sites is 2. The van der Waals surface area contributed by atoms with Gasteiger partial charge in [0.2, 0.25) is 0 Å². The van der Waals surface area contributed by atoms with E-state index in [0.29, 0.717) is 45.0 Å². The highest BCUT2D eigenvalue weighted by Crippen LogP contribution is 2.42. The molecule has 8 nitrogen and oxygen atoms in total. The van der Waals surface area contributed by atoms with Crippen LogP contribution in [0.4, 0.5) is 22.7 Å². The second-order valence-corrected chi connectivity index (χ2v) is 8.60. The van der Waals surface area contributed by atoms with Gasteiger partial charge in [0.15, 0.2) is 0 Å². The summed E-state index contributed by atoms with van der Waals surface area (Å²) in [7, 11) is 0. The molecule has 4 aliphatic rings. The second-order valence-electron chi connectivity index (χ2n) is 8.60. The molecule has 0 spiro atoms. The van der Waals surface area contributed by atoms with Crippen LogP contribution in [-0.2, 0) is 19.2 Å². The first-order chi connectivity index (χ1) is 17.5. The molecule has 0 unspecified atom stereocenters. The molecule has 36 heavy (non-hydrogen) atoms. The molecule has 4 N–H and O–H groups in total. The normalized spacial score (nSPS) is 16.4. The van der Waals surface area contributed by atoms with Crippen LogP contribution in [0.3, 0.4) is 0 Å². The van der Waals surface area contributed by atoms with E-state index in [9.17, 15) is 19.2 Å². The largest absolute Gasteiger partial charge is 0.321 e. The molecule has 4 aliphatic heterocycles. The predicted octanol–water partition coefficient (Wildman–Crippen LogP) is 3.63. The van der Waals surface area contributed by atoms with E-state index in [1.54, 1.807) is 36.4 Å². The van der Waals surface area contributed by atoms with Crippen LogP contribution in [0.5, 0.6) is 0 Å². The van der Waals surface area contributed by atoms with E-state index in [0.717, 1.165) is 0 Å². The number of carbonyl (C=O) groups excluding carboxylic acids is 4. The summed E-state index contributed by atoms with van der Waals surface area (Å²) >= 11 is 0. The molecule has 4 amide bonds. The first-order valence-electron chi connectivity index (χ1n) is 11.1. The van der Waals surface area contributed by atoms with Crippen molar-refractivity contribution >= 4 is 68.7 Å². The lowest BCUT2D eigenvalue weighted by Crippen LogP contribution is -2.06. The van der Waals surface area contributed by atoms with Crippen LogP contribution in [-0.4, -0.2) is 23.6 Å². The number of fused-ring (bicyclic) bond motifs is 4. The fourth-order valence-corrected chi connectivity index (χ4v) is 4.82. The van der Waals surface area contributed by atoms with Gasteiger partial charge in [-0.25, -0.2) is 0 Å². The molecule has 8 heteroatoms. The molecule has 7 rings (SSSR count). The third-order valence-corrected chi connectivity index (χ3v) is 6.49. The number of hydrogen-bond donors (Lipinski definition) is 4. The van der Waals surface area contributed by atoms with Crippen LogP contribution in [0.15, 0.2) is 72.1 Å². The molecule has 0 saturated heterocycles. The van der Waals surface area contributed by atoms with Gasteiger partial charge < -0.3 is 21.3 Å². The Bertz CT molecular complexity index is 1650. The third kappa shape index (κ3) is 2.77. The van der Waals surface area contributed by atoms with Crippen molar-refractivity contribution in [3.05, 3.63) is 94.4 Å². The number of hydrogen-bond acceptors (Lipinski definition) is 4. The average Bonchev–Trinajstić information content (AvgIpc) is 3.55. The van der Waals surface area contributed by atoms with E-state index in [-0.39, 0.29) is 34.1 Å². The smallest absolute Gasteiger partial charge is 0.264 e. The van der Waals surface area contributed by atoms with E-state index in [1.807, 2.05) is 24.3 Å². The highest BCUT2D eigenvalue weighted by Gasteiger charge is 2.33. The molecule has 0 radical (unpaired) electrons. The predicted molar refractivity (Wildman–Crippen MR) is 134 cm³/mol. The van der Waals surface area contributed by atoms with Crippen molar-refractivity contribution in [1.29, 1.82) is 0 Å². The highest BCUT2D eigenvalue weighted by atomic mass is 16.2. The van der Waals surface area contributed by atoms with Crippen molar-refractivity contribution in [2.45, 2.75) is 0 Å². The number of carbonyl (C=O) groups is 4. The van der Waals surface area contributed by atoms with Gasteiger partial charge in [0.25, 0.3) is 23.6 Å². The first kappa shape index (κ1) is 20.0. The van der Waals surface area contributed by atoms with Gasteiger partial charge in [0.05, 0.1) is 33.7 Å². The number of benzene rings is 3. The Hall–Kier alpha value is -5.42. The molecular formula is C28H14N4O4. The van der Waals surface area contributed by atoms with Gasteiger partial charge in [0.1, 0.15) is 0 Å². The monoisotopic (exact) mass is 470 g/mol. The first-order valence-corrected chi connectivity index (χ1v) is 11.1. The van der Waals surface area contributed by atoms with Crippen LogP contribution in [0.25, 0.3) is 22.3 Å². The van der Waals surface area contributed by atoms with Crippen LogP contribution in [0.1, 0.15) is 22.3 Å². The molecule has 3 aromatic carbocycles. The van der Waals surface area contributed by atoms with E-state index >= 15 is 0 Å². The Balaban J connectivity index is 1.40. The maximum atomic E-state index is 12.8. The van der Waals surface area contributed by atoms with Crippen molar-refractivity contribution in [2.24, 2.45) is 0 Å². The third-order valence-electron chi connectivity index (χ3n) is 6.49. The Morgan fingerprint density at radius 1 is 0.417 bits per heavy atom. The lowest BCUT2D eigenvalue weighted by atomic mass is 9.99. The second kappa shape index (κ2) is 7.04. The van der Waals surface area contributed by atoms with Gasteiger partial charge in [-0.1, -0.05) is 47.9 Å². The van der Waals surface area contributed by atoms with Crippen LogP contribution < -0.4 is 21.3 Å². The van der Waals surface area contributed by atoms with Gasteiger partial charge in [-0.05, 0) is 24.3 Å². The number of rotatable bonds is 0. The maximum absolute atomic E-state index is 12.8. The Morgan fingerprint density at radius 3 is 1.17 bits per heavy atom. The van der Waals surface area contributed by atoms with E-state index in [2.05, 4.69) is 32.7 Å². The number of anilines is 4. The minimum Gasteiger partial charge on any atom is -0.321 e. The van der Waals surface area contributed by atoms with Crippen LogP contribution in [0.2, 0.25) is 0 Å². The van der Waals surface area contributed by atoms with E-state index in [4.69, 9.17) is 0 Å². The summed E-state index contributed by atoms with van der Waals surface area (Å²) in [5.41, 5.74) is 11.6. The van der Waals surface area contributed by atoms with Gasteiger partial charge in [-0.15, -0.1) is 0 Å². The lowest BCUT2D eigenvalue weighted by Gasteiger charge is -2.03. The molecular weight excluding hydrogens is 456 g/mol. The maximum Gasteiger partial charge on any atom is 0.264 e. The zero-order valence-corrected chi connectivity index (χ0v) is 18.4.